The second-order valence-electron chi connectivity index (χ2n) is 4.85. The fourth-order valence-corrected chi connectivity index (χ4v) is 2.19. The topological polar surface area (TPSA) is 40.5 Å². The van der Waals surface area contributed by atoms with Crippen LogP contribution >= 0.6 is 11.6 Å². The number of aliphatic carboxylic acids is 1. The lowest BCUT2D eigenvalue weighted by molar-refractivity contribution is -0.137. The van der Waals surface area contributed by atoms with Crippen LogP contribution in [0, 0.1) is 0 Å². The highest BCUT2D eigenvalue weighted by Gasteiger charge is 2.03. The van der Waals surface area contributed by atoms with Gasteiger partial charge in [-0.1, -0.05) is 36.2 Å². The Hall–Kier alpha value is -1.06. The molecule has 1 rings (SSSR count). The minimum absolute atomic E-state index is 0.281. The van der Waals surface area contributed by atoms with Gasteiger partial charge < -0.3 is 10.0 Å². The van der Waals surface area contributed by atoms with Crippen molar-refractivity contribution in [3.05, 3.63) is 34.9 Å². The van der Waals surface area contributed by atoms with Gasteiger partial charge in [0.15, 0.2) is 0 Å². The lowest BCUT2D eigenvalue weighted by Crippen LogP contribution is -2.22. The van der Waals surface area contributed by atoms with Crippen molar-refractivity contribution in [1.29, 1.82) is 0 Å². The van der Waals surface area contributed by atoms with Crippen molar-refractivity contribution in [2.24, 2.45) is 0 Å². The first-order chi connectivity index (χ1) is 9.09. The number of hydrogen-bond donors (Lipinski definition) is 1. The lowest BCUT2D eigenvalue weighted by atomic mass is 10.1. The van der Waals surface area contributed by atoms with Crippen LogP contribution in [0.25, 0.3) is 0 Å². The first-order valence-corrected chi connectivity index (χ1v) is 7.11. The van der Waals surface area contributed by atoms with Gasteiger partial charge in [-0.05, 0) is 44.5 Å². The molecule has 1 aromatic carbocycles. The molecule has 0 aliphatic heterocycles. The molecule has 0 unspecified atom stereocenters. The summed E-state index contributed by atoms with van der Waals surface area (Å²) in [7, 11) is 2.09. The number of carbonyl (C=O) groups is 1. The molecule has 4 heteroatoms. The number of carboxylic acid groups (broad SMARTS) is 1. The molecule has 0 aliphatic rings. The van der Waals surface area contributed by atoms with E-state index in [1.165, 1.54) is 5.56 Å². The molecule has 0 spiro atoms. The summed E-state index contributed by atoms with van der Waals surface area (Å²) >= 11 is 6.11. The number of halogens is 1. The summed E-state index contributed by atoms with van der Waals surface area (Å²) in [6, 6.07) is 7.93. The van der Waals surface area contributed by atoms with E-state index in [-0.39, 0.29) is 6.42 Å². The third kappa shape index (κ3) is 7.19. The Labute approximate surface area is 120 Å². The van der Waals surface area contributed by atoms with E-state index in [9.17, 15) is 4.79 Å². The maximum Gasteiger partial charge on any atom is 0.303 e. The summed E-state index contributed by atoms with van der Waals surface area (Å²) < 4.78 is 0. The van der Waals surface area contributed by atoms with Crippen LogP contribution in [0.5, 0.6) is 0 Å². The second-order valence-corrected chi connectivity index (χ2v) is 5.26. The van der Waals surface area contributed by atoms with Gasteiger partial charge in [-0.3, -0.25) is 4.79 Å². The fourth-order valence-electron chi connectivity index (χ4n) is 1.96. The number of benzene rings is 1. The van der Waals surface area contributed by atoms with E-state index in [1.807, 2.05) is 18.2 Å². The van der Waals surface area contributed by atoms with Crippen molar-refractivity contribution < 1.29 is 9.90 Å². The molecule has 0 saturated heterocycles. The lowest BCUT2D eigenvalue weighted by Gasteiger charge is -2.16. The fraction of sp³-hybridized carbons (Fsp3) is 0.533. The second kappa shape index (κ2) is 8.94. The summed E-state index contributed by atoms with van der Waals surface area (Å²) in [5.74, 6) is -0.702. The molecule has 19 heavy (non-hydrogen) atoms. The van der Waals surface area contributed by atoms with Gasteiger partial charge in [0.25, 0.3) is 0 Å². The molecule has 0 heterocycles. The molecule has 0 radical (unpaired) electrons. The van der Waals surface area contributed by atoms with Gasteiger partial charge >= 0.3 is 5.97 Å². The summed E-state index contributed by atoms with van der Waals surface area (Å²) in [6.07, 6.45) is 4.03. The normalized spacial score (nSPS) is 10.9. The van der Waals surface area contributed by atoms with E-state index in [0.717, 1.165) is 43.8 Å². The molecule has 3 nitrogen and oxygen atoms in total. The molecular formula is C15H22ClNO2. The van der Waals surface area contributed by atoms with Gasteiger partial charge in [-0.25, -0.2) is 0 Å². The molecule has 0 aliphatic carbocycles. The quantitative estimate of drug-likeness (QED) is 0.706. The van der Waals surface area contributed by atoms with Gasteiger partial charge in [-0.2, -0.15) is 0 Å². The number of hydrogen-bond acceptors (Lipinski definition) is 2. The Balaban J connectivity index is 2.13. The predicted octanol–water partition coefficient (Wildman–Crippen LogP) is 3.46. The van der Waals surface area contributed by atoms with Crippen LogP contribution in [-0.4, -0.2) is 36.1 Å². The first kappa shape index (κ1) is 16.0. The molecule has 0 fully saturated rings. The smallest absolute Gasteiger partial charge is 0.303 e. The van der Waals surface area contributed by atoms with Gasteiger partial charge in [0, 0.05) is 18.0 Å². The Bertz CT molecular complexity index is 395. The Morgan fingerprint density at radius 1 is 1.21 bits per heavy atom. The highest BCUT2D eigenvalue weighted by molar-refractivity contribution is 6.31. The van der Waals surface area contributed by atoms with Crippen molar-refractivity contribution in [3.8, 4) is 0 Å². The van der Waals surface area contributed by atoms with E-state index in [2.05, 4.69) is 18.0 Å². The Morgan fingerprint density at radius 2 is 1.95 bits per heavy atom. The van der Waals surface area contributed by atoms with Crippen molar-refractivity contribution in [1.82, 2.24) is 4.90 Å². The molecule has 0 atom stereocenters. The molecule has 0 aromatic heterocycles. The average molecular weight is 284 g/mol. The Kier molecular flexibility index (Phi) is 7.53. The number of unbranched alkanes of at least 4 members (excludes halogenated alkanes) is 2. The predicted molar refractivity (Wildman–Crippen MR) is 78.8 cm³/mol. The minimum Gasteiger partial charge on any atom is -0.481 e. The Morgan fingerprint density at radius 3 is 2.63 bits per heavy atom. The van der Waals surface area contributed by atoms with Crippen LogP contribution in [0.1, 0.15) is 31.2 Å². The molecule has 1 aromatic rings. The SMILES string of the molecule is CN(CCCCCC(=O)O)CCc1ccccc1Cl. The van der Waals surface area contributed by atoms with Crippen molar-refractivity contribution in [3.63, 3.8) is 0 Å². The van der Waals surface area contributed by atoms with Gasteiger partial charge in [0.1, 0.15) is 0 Å². The van der Waals surface area contributed by atoms with Gasteiger partial charge in [-0.15, -0.1) is 0 Å². The van der Waals surface area contributed by atoms with Crippen molar-refractivity contribution in [2.45, 2.75) is 32.1 Å². The summed E-state index contributed by atoms with van der Waals surface area (Å²) in [6.45, 7) is 1.98. The van der Waals surface area contributed by atoms with Crippen LogP contribution in [0.3, 0.4) is 0 Å². The number of likely N-dealkylation sites (N-methyl/N-ethyl adjacent to an activating group) is 1. The summed E-state index contributed by atoms with van der Waals surface area (Å²) in [5, 5.41) is 9.37. The van der Waals surface area contributed by atoms with Crippen LogP contribution in [-0.2, 0) is 11.2 Å². The summed E-state index contributed by atoms with van der Waals surface area (Å²) in [5.41, 5.74) is 1.18. The third-order valence-corrected chi connectivity index (χ3v) is 3.52. The van der Waals surface area contributed by atoms with Crippen LogP contribution in [0.2, 0.25) is 5.02 Å². The highest BCUT2D eigenvalue weighted by Crippen LogP contribution is 2.15. The number of rotatable bonds is 9. The van der Waals surface area contributed by atoms with E-state index < -0.39 is 5.97 Å². The first-order valence-electron chi connectivity index (χ1n) is 6.73. The zero-order valence-electron chi connectivity index (χ0n) is 11.4. The molecule has 0 saturated carbocycles. The zero-order chi connectivity index (χ0) is 14.1. The van der Waals surface area contributed by atoms with Crippen LogP contribution < -0.4 is 0 Å². The van der Waals surface area contributed by atoms with Gasteiger partial charge in [0.05, 0.1) is 0 Å². The van der Waals surface area contributed by atoms with E-state index in [4.69, 9.17) is 16.7 Å². The maximum atomic E-state index is 10.4. The zero-order valence-corrected chi connectivity index (χ0v) is 12.2. The third-order valence-electron chi connectivity index (χ3n) is 3.15. The van der Waals surface area contributed by atoms with E-state index in [0.29, 0.717) is 0 Å². The van der Waals surface area contributed by atoms with E-state index in [1.54, 1.807) is 0 Å². The van der Waals surface area contributed by atoms with Crippen LogP contribution in [0.4, 0.5) is 0 Å². The average Bonchev–Trinajstić information content (AvgIpc) is 2.37. The maximum absolute atomic E-state index is 10.4. The molecule has 1 N–H and O–H groups in total. The summed E-state index contributed by atoms with van der Waals surface area (Å²) in [4.78, 5) is 12.6. The highest BCUT2D eigenvalue weighted by atomic mass is 35.5. The molecule has 0 bridgehead atoms. The molecular weight excluding hydrogens is 262 g/mol. The standard InChI is InChI=1S/C15H22ClNO2/c1-17(11-6-2-3-9-15(18)19)12-10-13-7-4-5-8-14(13)16/h4-5,7-8H,2-3,6,9-12H2,1H3,(H,18,19). The van der Waals surface area contributed by atoms with Gasteiger partial charge in [0.2, 0.25) is 0 Å². The van der Waals surface area contributed by atoms with E-state index >= 15 is 0 Å². The number of nitrogens with zero attached hydrogens (tertiary/aromatic N) is 1. The van der Waals surface area contributed by atoms with Crippen molar-refractivity contribution in [2.75, 3.05) is 20.1 Å². The molecule has 0 amide bonds. The number of carboxylic acids is 1. The largest absolute Gasteiger partial charge is 0.481 e. The monoisotopic (exact) mass is 283 g/mol. The molecule has 106 valence electrons. The minimum atomic E-state index is -0.702. The van der Waals surface area contributed by atoms with Crippen molar-refractivity contribution >= 4 is 17.6 Å². The van der Waals surface area contributed by atoms with Crippen LogP contribution in [0.15, 0.2) is 24.3 Å².